The predicted molar refractivity (Wildman–Crippen MR) is 62.7 cm³/mol. The molecular weight excluding hydrogens is 203 g/mol. The van der Waals surface area contributed by atoms with E-state index in [1.165, 1.54) is 6.07 Å². The summed E-state index contributed by atoms with van der Waals surface area (Å²) in [6.45, 7) is 3.90. The molecule has 0 saturated heterocycles. The summed E-state index contributed by atoms with van der Waals surface area (Å²) >= 11 is 0. The molecule has 0 aromatic heterocycles. The van der Waals surface area contributed by atoms with Crippen LogP contribution in [0.25, 0.3) is 0 Å². The van der Waals surface area contributed by atoms with E-state index in [1.54, 1.807) is 19.1 Å². The van der Waals surface area contributed by atoms with Gasteiger partial charge < -0.3 is 5.11 Å². The summed E-state index contributed by atoms with van der Waals surface area (Å²) in [7, 11) is 0. The Morgan fingerprint density at radius 1 is 1.50 bits per heavy atom. The van der Waals surface area contributed by atoms with Gasteiger partial charge in [0.25, 0.3) is 0 Å². The van der Waals surface area contributed by atoms with Crippen LogP contribution in [-0.4, -0.2) is 5.11 Å². The van der Waals surface area contributed by atoms with Gasteiger partial charge in [0, 0.05) is 0 Å². The molecule has 16 heavy (non-hydrogen) atoms. The van der Waals surface area contributed by atoms with Crippen LogP contribution in [-0.2, 0) is 5.60 Å². The second kappa shape index (κ2) is 4.17. The van der Waals surface area contributed by atoms with Crippen LogP contribution in [0.4, 0.5) is 4.39 Å². The van der Waals surface area contributed by atoms with Crippen LogP contribution in [0.2, 0.25) is 0 Å². The van der Waals surface area contributed by atoms with Crippen molar-refractivity contribution >= 4 is 0 Å². The molecule has 1 saturated carbocycles. The van der Waals surface area contributed by atoms with Gasteiger partial charge in [-0.1, -0.05) is 25.5 Å². The van der Waals surface area contributed by atoms with Gasteiger partial charge >= 0.3 is 0 Å². The van der Waals surface area contributed by atoms with Crippen LogP contribution in [0.1, 0.15) is 43.7 Å². The first-order valence-corrected chi connectivity index (χ1v) is 6.04. The summed E-state index contributed by atoms with van der Waals surface area (Å²) in [5.41, 5.74) is 0.771. The van der Waals surface area contributed by atoms with Gasteiger partial charge in [-0.15, -0.1) is 0 Å². The van der Waals surface area contributed by atoms with E-state index < -0.39 is 5.60 Å². The van der Waals surface area contributed by atoms with Crippen molar-refractivity contribution in [2.45, 2.75) is 45.1 Å². The summed E-state index contributed by atoms with van der Waals surface area (Å²) in [5.74, 6) is 0.410. The zero-order valence-corrected chi connectivity index (χ0v) is 9.96. The Hall–Kier alpha value is -0.890. The highest BCUT2D eigenvalue weighted by Crippen LogP contribution is 2.43. The normalized spacial score (nSPS) is 29.6. The number of hydrogen-bond donors (Lipinski definition) is 1. The number of aryl methyl sites for hydroxylation is 1. The molecule has 2 unspecified atom stereocenters. The van der Waals surface area contributed by atoms with Crippen molar-refractivity contribution in [1.29, 1.82) is 0 Å². The highest BCUT2D eigenvalue weighted by Gasteiger charge is 2.37. The second-order valence-corrected chi connectivity index (χ2v) is 5.01. The first-order valence-electron chi connectivity index (χ1n) is 6.04. The molecule has 2 heteroatoms. The smallest absolute Gasteiger partial charge is 0.126 e. The minimum atomic E-state index is -0.723. The van der Waals surface area contributed by atoms with Gasteiger partial charge in [0.2, 0.25) is 0 Å². The minimum absolute atomic E-state index is 0.197. The van der Waals surface area contributed by atoms with Crippen molar-refractivity contribution < 1.29 is 9.50 Å². The number of halogens is 1. The first kappa shape index (κ1) is 11.6. The predicted octanol–water partition coefficient (Wildman–Crippen LogP) is 3.53. The largest absolute Gasteiger partial charge is 0.385 e. The quantitative estimate of drug-likeness (QED) is 0.811. The number of aliphatic hydroxyl groups is 1. The van der Waals surface area contributed by atoms with Crippen molar-refractivity contribution in [1.82, 2.24) is 0 Å². The molecule has 1 aliphatic rings. The third-order valence-corrected chi connectivity index (χ3v) is 3.87. The molecule has 0 aliphatic heterocycles. The zero-order chi connectivity index (χ0) is 11.8. The van der Waals surface area contributed by atoms with Gasteiger partial charge in [-0.05, 0) is 49.3 Å². The van der Waals surface area contributed by atoms with E-state index in [0.717, 1.165) is 31.2 Å². The summed E-state index contributed by atoms with van der Waals surface area (Å²) in [6.07, 6.45) is 3.80. The molecule has 0 spiro atoms. The number of benzene rings is 1. The minimum Gasteiger partial charge on any atom is -0.385 e. The summed E-state index contributed by atoms with van der Waals surface area (Å²) in [6, 6.07) is 4.97. The van der Waals surface area contributed by atoms with Crippen molar-refractivity contribution in [3.8, 4) is 0 Å². The van der Waals surface area contributed by atoms with E-state index in [-0.39, 0.29) is 5.82 Å². The lowest BCUT2D eigenvalue weighted by Gasteiger charge is -2.24. The Bertz CT molecular complexity index is 388. The van der Waals surface area contributed by atoms with Crippen LogP contribution in [0, 0.1) is 18.7 Å². The molecule has 1 aromatic carbocycles. The van der Waals surface area contributed by atoms with Gasteiger partial charge in [-0.2, -0.15) is 0 Å². The SMILES string of the molecule is CCC1CCC(O)(c2ccc(F)c(C)c2)C1. The maximum Gasteiger partial charge on any atom is 0.126 e. The highest BCUT2D eigenvalue weighted by atomic mass is 19.1. The lowest BCUT2D eigenvalue weighted by Crippen LogP contribution is -2.22. The monoisotopic (exact) mass is 222 g/mol. The third kappa shape index (κ3) is 1.99. The highest BCUT2D eigenvalue weighted by molar-refractivity contribution is 5.29. The molecule has 2 rings (SSSR count). The topological polar surface area (TPSA) is 20.2 Å². The average Bonchev–Trinajstić information content (AvgIpc) is 2.66. The molecule has 0 heterocycles. The molecular formula is C14H19FO. The van der Waals surface area contributed by atoms with Crippen LogP contribution in [0.5, 0.6) is 0 Å². The van der Waals surface area contributed by atoms with Crippen molar-refractivity contribution in [3.05, 3.63) is 35.1 Å². The number of hydrogen-bond acceptors (Lipinski definition) is 1. The Morgan fingerprint density at radius 3 is 2.81 bits per heavy atom. The average molecular weight is 222 g/mol. The Labute approximate surface area is 96.3 Å². The van der Waals surface area contributed by atoms with Gasteiger partial charge in [-0.25, -0.2) is 4.39 Å². The standard InChI is InChI=1S/C14H19FO/c1-3-11-6-7-14(16,9-11)12-4-5-13(15)10(2)8-12/h4-5,8,11,16H,3,6-7,9H2,1-2H3. The van der Waals surface area contributed by atoms with E-state index in [4.69, 9.17) is 0 Å². The number of rotatable bonds is 2. The molecule has 1 fully saturated rings. The van der Waals surface area contributed by atoms with E-state index in [1.807, 2.05) is 0 Å². The fraction of sp³-hybridized carbons (Fsp3) is 0.571. The zero-order valence-electron chi connectivity index (χ0n) is 9.96. The molecule has 1 N–H and O–H groups in total. The molecule has 1 nitrogen and oxygen atoms in total. The molecule has 2 atom stereocenters. The summed E-state index contributed by atoms with van der Waals surface area (Å²) in [5, 5.41) is 10.6. The van der Waals surface area contributed by atoms with Gasteiger partial charge in [0.15, 0.2) is 0 Å². The van der Waals surface area contributed by atoms with Crippen LogP contribution < -0.4 is 0 Å². The summed E-state index contributed by atoms with van der Waals surface area (Å²) in [4.78, 5) is 0. The van der Waals surface area contributed by atoms with Crippen molar-refractivity contribution in [3.63, 3.8) is 0 Å². The first-order chi connectivity index (χ1) is 7.55. The van der Waals surface area contributed by atoms with Crippen molar-refractivity contribution in [2.24, 2.45) is 5.92 Å². The third-order valence-electron chi connectivity index (χ3n) is 3.87. The second-order valence-electron chi connectivity index (χ2n) is 5.01. The lowest BCUT2D eigenvalue weighted by atomic mass is 9.89. The maximum absolute atomic E-state index is 13.2. The van der Waals surface area contributed by atoms with Gasteiger partial charge in [0.05, 0.1) is 5.60 Å². The summed E-state index contributed by atoms with van der Waals surface area (Å²) < 4.78 is 13.2. The molecule has 0 amide bonds. The fourth-order valence-corrected chi connectivity index (χ4v) is 2.67. The van der Waals surface area contributed by atoms with E-state index in [0.29, 0.717) is 11.5 Å². The Morgan fingerprint density at radius 2 is 2.25 bits per heavy atom. The molecule has 1 aromatic rings. The van der Waals surface area contributed by atoms with E-state index >= 15 is 0 Å². The molecule has 0 bridgehead atoms. The maximum atomic E-state index is 13.2. The lowest BCUT2D eigenvalue weighted by molar-refractivity contribution is 0.0397. The Balaban J connectivity index is 2.27. The molecule has 0 radical (unpaired) electrons. The van der Waals surface area contributed by atoms with Gasteiger partial charge in [0.1, 0.15) is 5.82 Å². The van der Waals surface area contributed by atoms with Crippen molar-refractivity contribution in [2.75, 3.05) is 0 Å². The Kier molecular flexibility index (Phi) is 3.02. The van der Waals surface area contributed by atoms with Crippen LogP contribution >= 0.6 is 0 Å². The van der Waals surface area contributed by atoms with E-state index in [2.05, 4.69) is 6.92 Å². The molecule has 1 aliphatic carbocycles. The van der Waals surface area contributed by atoms with Crippen LogP contribution in [0.3, 0.4) is 0 Å². The van der Waals surface area contributed by atoms with Crippen LogP contribution in [0.15, 0.2) is 18.2 Å². The van der Waals surface area contributed by atoms with E-state index in [9.17, 15) is 9.50 Å². The molecule has 88 valence electrons. The van der Waals surface area contributed by atoms with Gasteiger partial charge in [-0.3, -0.25) is 0 Å². The fourth-order valence-electron chi connectivity index (χ4n) is 2.67.